The van der Waals surface area contributed by atoms with Crippen molar-refractivity contribution in [3.8, 4) is 5.75 Å². The smallest absolute Gasteiger partial charge is 0.329 e. The lowest BCUT2D eigenvalue weighted by atomic mass is 9.92. The number of benzene rings is 1. The molecule has 0 aromatic heterocycles. The number of cyclic esters (lactones) is 1. The third-order valence-corrected chi connectivity index (χ3v) is 16.2. The van der Waals surface area contributed by atoms with Crippen LogP contribution in [0, 0.1) is 29.6 Å². The first-order valence-corrected chi connectivity index (χ1v) is 29.6. The molecular formula is C61H99N9O14. The second-order valence-corrected chi connectivity index (χ2v) is 24.8. The number of nitrogens with one attached hydrogen (secondary N) is 3. The van der Waals surface area contributed by atoms with Gasteiger partial charge in [-0.15, -0.1) is 0 Å². The summed E-state index contributed by atoms with van der Waals surface area (Å²) in [4.78, 5) is 168. The topological polar surface area (TPSA) is 271 Å². The van der Waals surface area contributed by atoms with Gasteiger partial charge in [-0.2, -0.15) is 0 Å². The molecule has 1 aromatic carbocycles. The van der Waals surface area contributed by atoms with Crippen molar-refractivity contribution in [1.29, 1.82) is 0 Å². The Hall–Kier alpha value is -6.81. The molecule has 1 unspecified atom stereocenters. The normalized spacial score (nSPS) is 26.2. The van der Waals surface area contributed by atoms with E-state index in [2.05, 4.69) is 16.0 Å². The molecule has 84 heavy (non-hydrogen) atoms. The van der Waals surface area contributed by atoms with Crippen molar-refractivity contribution in [3.63, 3.8) is 0 Å². The van der Waals surface area contributed by atoms with Crippen LogP contribution in [0.5, 0.6) is 5.75 Å². The van der Waals surface area contributed by atoms with E-state index in [0.29, 0.717) is 37.0 Å². The average Bonchev–Trinajstić information content (AvgIpc) is 3.49. The zero-order valence-electron chi connectivity index (χ0n) is 53.7. The van der Waals surface area contributed by atoms with Crippen molar-refractivity contribution < 1.29 is 67.0 Å². The van der Waals surface area contributed by atoms with Crippen molar-refractivity contribution in [1.82, 2.24) is 45.3 Å². The van der Waals surface area contributed by atoms with Crippen LogP contribution < -0.4 is 20.7 Å². The molecule has 0 aliphatic carbocycles. The molecular weight excluding hydrogens is 1080 g/mol. The number of likely N-dealkylation sites (N-methyl/N-ethyl adjacent to an activating group) is 5. The molecule has 0 saturated carbocycles. The van der Waals surface area contributed by atoms with Crippen LogP contribution >= 0.6 is 0 Å². The number of hydrogen-bond donors (Lipinski definition) is 3. The second-order valence-electron chi connectivity index (χ2n) is 24.8. The van der Waals surface area contributed by atoms with Gasteiger partial charge in [-0.1, -0.05) is 94.2 Å². The molecule has 2 fully saturated rings. The summed E-state index contributed by atoms with van der Waals surface area (Å²) in [6, 6.07) is -3.55. The Bertz CT molecular complexity index is 2500. The van der Waals surface area contributed by atoms with Crippen molar-refractivity contribution in [2.75, 3.05) is 55.4 Å². The number of piperidine rings is 1. The molecule has 0 spiro atoms. The molecule has 23 nitrogen and oxygen atoms in total. The van der Waals surface area contributed by atoms with Crippen molar-refractivity contribution in [2.24, 2.45) is 29.6 Å². The monoisotopic (exact) mass is 1180 g/mol. The number of carbonyl (C=O) groups is 11. The summed E-state index contributed by atoms with van der Waals surface area (Å²) in [6.45, 7) is 23.2. The van der Waals surface area contributed by atoms with E-state index in [4.69, 9.17) is 14.2 Å². The lowest BCUT2D eigenvalue weighted by molar-refractivity contribution is -0.165. The highest BCUT2D eigenvalue weighted by atomic mass is 16.6. The van der Waals surface area contributed by atoms with E-state index >= 15 is 9.59 Å². The van der Waals surface area contributed by atoms with Gasteiger partial charge >= 0.3 is 11.9 Å². The van der Waals surface area contributed by atoms with Gasteiger partial charge in [-0.05, 0) is 94.2 Å². The van der Waals surface area contributed by atoms with Gasteiger partial charge in [0, 0.05) is 48.2 Å². The quantitative estimate of drug-likeness (QED) is 0.253. The number of carbonyl (C=O) groups excluding carboxylic acids is 11. The summed E-state index contributed by atoms with van der Waals surface area (Å²) in [5, 5.41) is 8.30. The molecule has 0 radical (unpaired) electrons. The molecule has 23 heteroatoms. The molecule has 2 aliphatic heterocycles. The van der Waals surface area contributed by atoms with E-state index < -0.39 is 168 Å². The van der Waals surface area contributed by atoms with Gasteiger partial charge in [0.2, 0.25) is 47.3 Å². The number of rotatable bonds is 12. The van der Waals surface area contributed by atoms with E-state index in [1.54, 1.807) is 100 Å². The number of hydrogen-bond acceptors (Lipinski definition) is 14. The molecule has 2 saturated heterocycles. The molecule has 2 aliphatic rings. The van der Waals surface area contributed by atoms with E-state index in [-0.39, 0.29) is 19.4 Å². The summed E-state index contributed by atoms with van der Waals surface area (Å²) in [7, 11) is 8.45. The number of methoxy groups -OCH3 is 1. The van der Waals surface area contributed by atoms with E-state index in [1.807, 2.05) is 13.8 Å². The molecule has 472 valence electrons. The summed E-state index contributed by atoms with van der Waals surface area (Å²) in [6.07, 6.45) is -0.194. The van der Waals surface area contributed by atoms with Crippen molar-refractivity contribution >= 4 is 65.1 Å². The van der Waals surface area contributed by atoms with Gasteiger partial charge in [0.15, 0.2) is 6.10 Å². The van der Waals surface area contributed by atoms with Crippen LogP contribution in [0.4, 0.5) is 0 Å². The maximum atomic E-state index is 15.2. The Balaban J connectivity index is 2.31. The van der Waals surface area contributed by atoms with Crippen LogP contribution in [-0.4, -0.2) is 210 Å². The first-order chi connectivity index (χ1) is 39.1. The summed E-state index contributed by atoms with van der Waals surface area (Å²) < 4.78 is 16.9. The Morgan fingerprint density at radius 1 is 0.631 bits per heavy atom. The Labute approximate surface area is 498 Å². The minimum atomic E-state index is -1.59. The number of fused-ring (bicyclic) bond motifs is 1. The zero-order valence-corrected chi connectivity index (χ0v) is 53.7. The fourth-order valence-electron chi connectivity index (χ4n) is 11.0. The zero-order chi connectivity index (χ0) is 64.0. The van der Waals surface area contributed by atoms with E-state index in [9.17, 15) is 43.2 Å². The molecule has 2 heterocycles. The van der Waals surface area contributed by atoms with Gasteiger partial charge in [-0.3, -0.25) is 47.9 Å². The van der Waals surface area contributed by atoms with Gasteiger partial charge in [0.1, 0.15) is 59.7 Å². The maximum Gasteiger partial charge on any atom is 0.329 e. The van der Waals surface area contributed by atoms with Crippen LogP contribution in [0.1, 0.15) is 141 Å². The summed E-state index contributed by atoms with van der Waals surface area (Å²) in [5.41, 5.74) is -0.414. The fraction of sp³-hybridized carbons (Fsp3) is 0.721. The van der Waals surface area contributed by atoms with Crippen LogP contribution in [0.3, 0.4) is 0 Å². The summed E-state index contributed by atoms with van der Waals surface area (Å²) in [5.74, 6) is -10.4. The Kier molecular flexibility index (Phi) is 26.7. The first-order valence-electron chi connectivity index (χ1n) is 29.6. The molecule has 3 N–H and O–H groups in total. The lowest BCUT2D eigenvalue weighted by Gasteiger charge is -2.41. The Morgan fingerprint density at radius 3 is 1.68 bits per heavy atom. The highest BCUT2D eigenvalue weighted by Crippen LogP contribution is 2.27. The minimum Gasteiger partial charge on any atom is -0.497 e. The van der Waals surface area contributed by atoms with Gasteiger partial charge in [0.05, 0.1) is 20.1 Å². The minimum absolute atomic E-state index is 0.112. The number of amides is 9. The van der Waals surface area contributed by atoms with Gasteiger partial charge < -0.3 is 59.6 Å². The maximum absolute atomic E-state index is 15.2. The van der Waals surface area contributed by atoms with Crippen LogP contribution in [-0.2, 0) is 68.6 Å². The van der Waals surface area contributed by atoms with Crippen molar-refractivity contribution in [3.05, 3.63) is 29.8 Å². The number of ether oxygens (including phenoxy) is 3. The van der Waals surface area contributed by atoms with Crippen LogP contribution in [0.15, 0.2) is 24.3 Å². The van der Waals surface area contributed by atoms with Crippen LogP contribution in [0.2, 0.25) is 0 Å². The van der Waals surface area contributed by atoms with Crippen molar-refractivity contribution in [2.45, 2.75) is 202 Å². The molecule has 9 amide bonds. The van der Waals surface area contributed by atoms with Gasteiger partial charge in [-0.25, -0.2) is 4.79 Å². The molecule has 1 aromatic rings. The van der Waals surface area contributed by atoms with E-state index in [1.165, 1.54) is 68.9 Å². The summed E-state index contributed by atoms with van der Waals surface area (Å²) >= 11 is 0. The first kappa shape index (κ1) is 71.5. The second kappa shape index (κ2) is 31.4. The third-order valence-electron chi connectivity index (χ3n) is 16.2. The molecule has 11 atom stereocenters. The average molecular weight is 1180 g/mol. The number of esters is 2. The standard InChI is InChI=1S/C61H99N9O14/c1-21-37(9)50-52(73)62-33-45(71)66(16)48(35(5)6)53(74)63-42(31-40-26-28-41(82-20)29-27-40)60(81)83-39(11)55(76)70-30-24-23-25-43(70)56(77)67(17)49(36(7)8)54(75)64-47(34(3)4)58(79)65(15)44(32-46(72)84-61(12,13)14)57(78)69(19)51(38(10)22-2)59(80)68(50)18/h26-29,34-39,42-44,47-51H,21-25,30-33H2,1-20H3,(H,62,73)(H,63,74)(H,64,75)/t37-,38-,39-,42-,43-,44-,47-,48-,49-,50-,51?/m0/s1. The Morgan fingerprint density at radius 2 is 1.15 bits per heavy atom. The lowest BCUT2D eigenvalue weighted by Crippen LogP contribution is -2.63. The van der Waals surface area contributed by atoms with Crippen LogP contribution in [0.25, 0.3) is 0 Å². The van der Waals surface area contributed by atoms with Gasteiger partial charge in [0.25, 0.3) is 5.91 Å². The predicted molar refractivity (Wildman–Crippen MR) is 315 cm³/mol. The highest BCUT2D eigenvalue weighted by Gasteiger charge is 2.46. The molecule has 3 rings (SSSR count). The largest absolute Gasteiger partial charge is 0.497 e. The van der Waals surface area contributed by atoms with E-state index in [0.717, 1.165) is 9.80 Å². The fourth-order valence-corrected chi connectivity index (χ4v) is 11.0. The molecule has 0 bridgehead atoms. The predicted octanol–water partition coefficient (Wildman–Crippen LogP) is 3.58. The SMILES string of the molecule is CC[C@H](C)C1C(=O)N(C)[C@@H]([C@@H](C)CC)C(=O)NCC(=O)N(C)[C@@H](C(C)C)C(=O)N[C@@H](Cc2ccc(OC)cc2)C(=O)O[C@@H](C)C(=O)N2CCCC[C@H]2C(=O)N(C)[C@@H](C(C)C)C(=O)N[C@@H](C(C)C)C(=O)N(C)[C@@H](CC(=O)OC(C)(C)C)C(=O)N1C. The third kappa shape index (κ3) is 18.3. The highest BCUT2D eigenvalue weighted by molar-refractivity contribution is 5.99. The number of nitrogens with zero attached hydrogens (tertiary/aromatic N) is 6.